The number of rotatable bonds is 5. The number of nitrogens with zero attached hydrogens (tertiary/aromatic N) is 5. The zero-order valence-electron chi connectivity index (χ0n) is 12.4. The van der Waals surface area contributed by atoms with E-state index in [0.29, 0.717) is 0 Å². The van der Waals surface area contributed by atoms with Crippen LogP contribution in [0.5, 0.6) is 5.75 Å². The molecule has 1 aromatic heterocycles. The SMILES string of the molecule is CC(=O)CC(C)(C)[n+]1cn(-c2cc([N+](=O)[O-])ccc2O)nn1. The van der Waals surface area contributed by atoms with Crippen molar-refractivity contribution < 1.29 is 19.5 Å². The van der Waals surface area contributed by atoms with Crippen molar-refractivity contribution in [2.45, 2.75) is 32.7 Å². The molecular weight excluding hydrogens is 290 g/mol. The molecule has 0 radical (unpaired) electrons. The molecule has 1 aromatic carbocycles. The van der Waals surface area contributed by atoms with Crippen LogP contribution >= 0.6 is 0 Å². The predicted octanol–water partition coefficient (Wildman–Crippen LogP) is 0.883. The molecule has 0 atom stereocenters. The summed E-state index contributed by atoms with van der Waals surface area (Å²) in [7, 11) is 0. The Hall–Kier alpha value is -2.84. The lowest BCUT2D eigenvalue weighted by Crippen LogP contribution is -2.54. The summed E-state index contributed by atoms with van der Waals surface area (Å²) < 4.78 is 2.71. The van der Waals surface area contributed by atoms with Crippen LogP contribution in [0, 0.1) is 10.1 Å². The van der Waals surface area contributed by atoms with Gasteiger partial charge in [0.1, 0.15) is 16.5 Å². The average Bonchev–Trinajstić information content (AvgIpc) is 2.87. The van der Waals surface area contributed by atoms with Gasteiger partial charge in [-0.1, -0.05) is 4.68 Å². The van der Waals surface area contributed by atoms with Crippen LogP contribution in [0.2, 0.25) is 0 Å². The van der Waals surface area contributed by atoms with Gasteiger partial charge < -0.3 is 5.11 Å². The van der Waals surface area contributed by atoms with Crippen molar-refractivity contribution in [3.05, 3.63) is 34.6 Å². The fraction of sp³-hybridized carbons (Fsp3) is 0.385. The van der Waals surface area contributed by atoms with Crippen molar-refractivity contribution in [3.63, 3.8) is 0 Å². The Morgan fingerprint density at radius 2 is 2.18 bits per heavy atom. The van der Waals surface area contributed by atoms with Crippen molar-refractivity contribution in [3.8, 4) is 11.4 Å². The molecule has 9 heteroatoms. The smallest absolute Gasteiger partial charge is 0.273 e. The monoisotopic (exact) mass is 306 g/mol. The molecule has 0 bridgehead atoms. The molecule has 2 rings (SSSR count). The summed E-state index contributed by atoms with van der Waals surface area (Å²) in [5.41, 5.74) is -0.627. The fourth-order valence-corrected chi connectivity index (χ4v) is 2.12. The second-order valence-electron chi connectivity index (χ2n) is 5.60. The van der Waals surface area contributed by atoms with E-state index in [1.165, 1.54) is 40.8 Å². The van der Waals surface area contributed by atoms with Gasteiger partial charge in [0.05, 0.1) is 11.0 Å². The minimum absolute atomic E-state index is 0.00486. The highest BCUT2D eigenvalue weighted by atomic mass is 16.6. The van der Waals surface area contributed by atoms with E-state index in [2.05, 4.69) is 10.4 Å². The number of phenols is 1. The summed E-state index contributed by atoms with van der Waals surface area (Å²) in [4.78, 5) is 21.6. The van der Waals surface area contributed by atoms with Crippen LogP contribution in [-0.4, -0.2) is 30.9 Å². The number of aromatic nitrogens is 4. The van der Waals surface area contributed by atoms with Crippen LogP contribution in [0.3, 0.4) is 0 Å². The van der Waals surface area contributed by atoms with E-state index >= 15 is 0 Å². The van der Waals surface area contributed by atoms with Gasteiger partial charge in [-0.05, 0) is 26.8 Å². The number of carbonyl (C=O) groups excluding carboxylic acids is 1. The number of nitro benzene ring substituents is 1. The summed E-state index contributed by atoms with van der Waals surface area (Å²) in [6.45, 7) is 5.13. The van der Waals surface area contributed by atoms with E-state index in [-0.39, 0.29) is 29.3 Å². The van der Waals surface area contributed by atoms with E-state index in [4.69, 9.17) is 0 Å². The summed E-state index contributed by atoms with van der Waals surface area (Å²) >= 11 is 0. The second-order valence-corrected chi connectivity index (χ2v) is 5.60. The van der Waals surface area contributed by atoms with Crippen LogP contribution in [0.15, 0.2) is 24.5 Å². The van der Waals surface area contributed by atoms with Gasteiger partial charge in [-0.15, -0.1) is 4.68 Å². The third-order valence-corrected chi connectivity index (χ3v) is 3.17. The van der Waals surface area contributed by atoms with Gasteiger partial charge in [0.15, 0.2) is 16.7 Å². The first-order valence-electron chi connectivity index (χ1n) is 6.53. The van der Waals surface area contributed by atoms with E-state index in [1.54, 1.807) is 0 Å². The third-order valence-electron chi connectivity index (χ3n) is 3.17. The Balaban J connectivity index is 2.42. The number of carbonyl (C=O) groups is 1. The maximum atomic E-state index is 11.3. The molecule has 0 unspecified atom stereocenters. The number of aromatic hydroxyl groups is 1. The molecule has 9 nitrogen and oxygen atoms in total. The van der Waals surface area contributed by atoms with E-state index < -0.39 is 10.5 Å². The number of non-ortho nitro benzene ring substituents is 1. The minimum atomic E-state index is -0.597. The molecule has 1 N–H and O–H groups in total. The maximum absolute atomic E-state index is 11.3. The van der Waals surface area contributed by atoms with Gasteiger partial charge in [-0.2, -0.15) is 0 Å². The number of hydrogen-bond donors (Lipinski definition) is 1. The topological polar surface area (TPSA) is 115 Å². The van der Waals surface area contributed by atoms with Gasteiger partial charge in [0.2, 0.25) is 0 Å². The first kappa shape index (κ1) is 15.5. The first-order valence-corrected chi connectivity index (χ1v) is 6.53. The third kappa shape index (κ3) is 3.08. The Morgan fingerprint density at radius 3 is 2.77 bits per heavy atom. The minimum Gasteiger partial charge on any atom is -0.504 e. The van der Waals surface area contributed by atoms with E-state index in [9.17, 15) is 20.0 Å². The lowest BCUT2D eigenvalue weighted by atomic mass is 9.99. The average molecular weight is 306 g/mol. The van der Waals surface area contributed by atoms with Crippen LogP contribution in [-0.2, 0) is 10.3 Å². The lowest BCUT2D eigenvalue weighted by Gasteiger charge is -2.17. The molecule has 0 aliphatic carbocycles. The molecule has 1 heterocycles. The maximum Gasteiger partial charge on any atom is 0.273 e. The number of Topliss-reactive ketones (excluding diaryl/α,β-unsaturated/α-hetero) is 1. The Kier molecular flexibility index (Phi) is 3.89. The molecule has 2 aromatic rings. The second kappa shape index (κ2) is 5.51. The van der Waals surface area contributed by atoms with Crippen LogP contribution in [0.1, 0.15) is 27.2 Å². The normalized spacial score (nSPS) is 11.4. The molecule has 22 heavy (non-hydrogen) atoms. The van der Waals surface area contributed by atoms with Crippen LogP contribution < -0.4 is 4.68 Å². The molecule has 0 aliphatic rings. The molecule has 116 valence electrons. The molecular formula is C13H16N5O4+. The number of ketones is 1. The van der Waals surface area contributed by atoms with Crippen molar-refractivity contribution >= 4 is 11.5 Å². The van der Waals surface area contributed by atoms with Crippen LogP contribution in [0.4, 0.5) is 5.69 Å². The molecule has 0 aliphatic heterocycles. The number of benzene rings is 1. The Labute approximate surface area is 125 Å². The summed E-state index contributed by atoms with van der Waals surface area (Å²) in [6, 6.07) is 3.62. The van der Waals surface area contributed by atoms with E-state index in [0.717, 1.165) is 0 Å². The van der Waals surface area contributed by atoms with E-state index in [1.807, 2.05) is 13.8 Å². The highest BCUT2D eigenvalue weighted by Crippen LogP contribution is 2.25. The highest BCUT2D eigenvalue weighted by Gasteiger charge is 2.30. The van der Waals surface area contributed by atoms with Crippen molar-refractivity contribution in [1.82, 2.24) is 15.1 Å². The predicted molar refractivity (Wildman–Crippen MR) is 74.5 cm³/mol. The molecule has 0 saturated heterocycles. The zero-order valence-corrected chi connectivity index (χ0v) is 12.4. The first-order chi connectivity index (χ1) is 10.2. The fourth-order valence-electron chi connectivity index (χ4n) is 2.12. The van der Waals surface area contributed by atoms with Gasteiger partial charge in [0, 0.05) is 12.5 Å². The quantitative estimate of drug-likeness (QED) is 0.498. The van der Waals surface area contributed by atoms with Gasteiger partial charge in [-0.3, -0.25) is 14.9 Å². The van der Waals surface area contributed by atoms with Gasteiger partial charge >= 0.3 is 0 Å². The van der Waals surface area contributed by atoms with Crippen molar-refractivity contribution in [1.29, 1.82) is 0 Å². The molecule has 0 saturated carbocycles. The number of tetrazole rings is 1. The molecule has 0 fully saturated rings. The largest absolute Gasteiger partial charge is 0.504 e. The molecule has 0 spiro atoms. The van der Waals surface area contributed by atoms with Crippen molar-refractivity contribution in [2.24, 2.45) is 0 Å². The number of phenolic OH excluding ortho intramolecular Hbond substituents is 1. The van der Waals surface area contributed by atoms with Gasteiger partial charge in [-0.25, -0.2) is 0 Å². The summed E-state index contributed by atoms with van der Waals surface area (Å²) in [6.07, 6.45) is 1.74. The number of hydrogen-bond acceptors (Lipinski definition) is 6. The highest BCUT2D eigenvalue weighted by molar-refractivity contribution is 5.76. The molecule has 0 amide bonds. The van der Waals surface area contributed by atoms with Crippen LogP contribution in [0.25, 0.3) is 5.69 Å². The Morgan fingerprint density at radius 1 is 1.50 bits per heavy atom. The Bertz CT molecular complexity index is 738. The standard InChI is InChI=1S/C13H15N5O4/c1-9(19)7-13(2,3)17-8-16(14-15-17)11-6-10(18(21)22)4-5-12(11)20/h4-6,8H,7H2,1-3H3/p+1. The lowest BCUT2D eigenvalue weighted by molar-refractivity contribution is -0.809. The summed E-state index contributed by atoms with van der Waals surface area (Å²) in [5.74, 6) is -0.155. The number of nitro groups is 1. The van der Waals surface area contributed by atoms with Gasteiger partial charge in [0.25, 0.3) is 12.0 Å². The van der Waals surface area contributed by atoms with Crippen molar-refractivity contribution in [2.75, 3.05) is 0 Å². The summed E-state index contributed by atoms with van der Waals surface area (Å²) in [5, 5.41) is 28.5. The zero-order chi connectivity index (χ0) is 16.5.